The zero-order chi connectivity index (χ0) is 17.9. The van der Waals surface area contributed by atoms with Crippen molar-refractivity contribution in [2.45, 2.75) is 17.4 Å². The number of halogens is 2. The van der Waals surface area contributed by atoms with Crippen LogP contribution in [0.25, 0.3) is 0 Å². The van der Waals surface area contributed by atoms with Crippen LogP contribution in [0, 0.1) is 5.82 Å². The molecule has 1 unspecified atom stereocenters. The first-order valence-corrected chi connectivity index (χ1v) is 11.1. The first-order chi connectivity index (χ1) is 12.0. The number of hydrogen-bond acceptors (Lipinski definition) is 3. The fourth-order valence-corrected chi connectivity index (χ4v) is 6.19. The molecule has 2 aromatic carbocycles. The van der Waals surface area contributed by atoms with Crippen LogP contribution in [0.2, 0.25) is 5.02 Å². The van der Waals surface area contributed by atoms with Crippen molar-refractivity contribution in [2.24, 2.45) is 0 Å². The van der Waals surface area contributed by atoms with Gasteiger partial charge in [-0.25, -0.2) is 17.1 Å². The van der Waals surface area contributed by atoms with Crippen molar-refractivity contribution in [2.75, 3.05) is 18.8 Å². The molecule has 25 heavy (non-hydrogen) atoms. The molecule has 0 radical (unpaired) electrons. The standard InChI is InChI=1S/C18H19ClFNO2S2/c19-16-7-3-2-6-15(16)18-9-10-21(11-12-24-18)25(22,23)13-14-5-1-4-8-17(14)20/h1-8,18H,9-13H2. The molecule has 0 bridgehead atoms. The van der Waals surface area contributed by atoms with E-state index in [1.54, 1.807) is 23.9 Å². The third-order valence-corrected chi connectivity index (χ3v) is 7.72. The minimum atomic E-state index is -3.55. The molecule has 0 spiro atoms. The smallest absolute Gasteiger partial charge is 0.212 e. The minimum Gasteiger partial charge on any atom is -0.212 e. The summed E-state index contributed by atoms with van der Waals surface area (Å²) in [5, 5.41) is 0.880. The molecule has 1 heterocycles. The highest BCUT2D eigenvalue weighted by Gasteiger charge is 2.28. The second kappa shape index (κ2) is 8.08. The zero-order valence-corrected chi connectivity index (χ0v) is 16.0. The van der Waals surface area contributed by atoms with Crippen LogP contribution in [0.3, 0.4) is 0 Å². The molecule has 0 saturated carbocycles. The van der Waals surface area contributed by atoms with Crippen LogP contribution in [0.15, 0.2) is 48.5 Å². The third-order valence-electron chi connectivity index (χ3n) is 4.24. The summed E-state index contributed by atoms with van der Waals surface area (Å²) in [5.41, 5.74) is 1.25. The minimum absolute atomic E-state index is 0.169. The third kappa shape index (κ3) is 4.56. The Morgan fingerprint density at radius 3 is 2.60 bits per heavy atom. The molecular formula is C18H19ClFNO2S2. The second-order valence-electron chi connectivity index (χ2n) is 5.92. The Hall–Kier alpha value is -1.08. The molecule has 1 atom stereocenters. The Bertz CT molecular complexity index is 844. The molecule has 3 rings (SSSR count). The number of sulfonamides is 1. The molecule has 0 aliphatic carbocycles. The van der Waals surface area contributed by atoms with Crippen molar-refractivity contribution in [3.63, 3.8) is 0 Å². The van der Waals surface area contributed by atoms with Crippen molar-refractivity contribution in [3.8, 4) is 0 Å². The highest BCUT2D eigenvalue weighted by Crippen LogP contribution is 2.38. The molecule has 1 aliphatic rings. The van der Waals surface area contributed by atoms with Crippen molar-refractivity contribution in [1.82, 2.24) is 4.31 Å². The van der Waals surface area contributed by atoms with Crippen LogP contribution in [0.1, 0.15) is 22.8 Å². The topological polar surface area (TPSA) is 37.4 Å². The molecule has 2 aromatic rings. The lowest BCUT2D eigenvalue weighted by molar-refractivity contribution is 0.426. The molecule has 0 amide bonds. The average Bonchev–Trinajstić information content (AvgIpc) is 2.84. The fraction of sp³-hybridized carbons (Fsp3) is 0.333. The number of benzene rings is 2. The quantitative estimate of drug-likeness (QED) is 0.760. The number of nitrogens with zero attached hydrogens (tertiary/aromatic N) is 1. The normalized spacial score (nSPS) is 19.5. The summed E-state index contributed by atoms with van der Waals surface area (Å²) in [6, 6.07) is 13.7. The van der Waals surface area contributed by atoms with Crippen LogP contribution in [0.4, 0.5) is 4.39 Å². The Labute approximate surface area is 157 Å². The van der Waals surface area contributed by atoms with Gasteiger partial charge in [-0.3, -0.25) is 0 Å². The lowest BCUT2D eigenvalue weighted by Gasteiger charge is -2.20. The summed E-state index contributed by atoms with van der Waals surface area (Å²) in [6.07, 6.45) is 0.685. The Morgan fingerprint density at radius 1 is 1.12 bits per heavy atom. The van der Waals surface area contributed by atoms with E-state index in [0.29, 0.717) is 30.3 Å². The van der Waals surface area contributed by atoms with E-state index in [2.05, 4.69) is 0 Å². The molecule has 0 aromatic heterocycles. The van der Waals surface area contributed by atoms with E-state index < -0.39 is 15.8 Å². The summed E-state index contributed by atoms with van der Waals surface area (Å²) in [5.74, 6) is -0.0998. The van der Waals surface area contributed by atoms with Crippen LogP contribution in [-0.2, 0) is 15.8 Å². The molecule has 1 saturated heterocycles. The molecular weight excluding hydrogens is 381 g/mol. The van der Waals surface area contributed by atoms with E-state index in [9.17, 15) is 12.8 Å². The monoisotopic (exact) mass is 399 g/mol. The van der Waals surface area contributed by atoms with Gasteiger partial charge >= 0.3 is 0 Å². The van der Waals surface area contributed by atoms with Gasteiger partial charge in [-0.05, 0) is 24.1 Å². The highest BCUT2D eigenvalue weighted by molar-refractivity contribution is 7.99. The summed E-state index contributed by atoms with van der Waals surface area (Å²) in [7, 11) is -3.55. The first kappa shape index (κ1) is 18.7. The SMILES string of the molecule is O=S(=O)(Cc1ccccc1F)N1CCSC(c2ccccc2Cl)CC1. The zero-order valence-electron chi connectivity index (χ0n) is 13.6. The first-order valence-electron chi connectivity index (χ1n) is 8.04. The molecule has 0 N–H and O–H groups in total. The Balaban J connectivity index is 1.72. The molecule has 1 aliphatic heterocycles. The Morgan fingerprint density at radius 2 is 1.84 bits per heavy atom. The molecule has 3 nitrogen and oxygen atoms in total. The van der Waals surface area contributed by atoms with E-state index in [1.807, 2.05) is 24.3 Å². The van der Waals surface area contributed by atoms with Crippen molar-refractivity contribution < 1.29 is 12.8 Å². The van der Waals surface area contributed by atoms with Crippen LogP contribution in [0.5, 0.6) is 0 Å². The van der Waals surface area contributed by atoms with Crippen LogP contribution < -0.4 is 0 Å². The van der Waals surface area contributed by atoms with Gasteiger partial charge in [0.15, 0.2) is 0 Å². The van der Waals surface area contributed by atoms with Gasteiger partial charge in [-0.2, -0.15) is 11.8 Å². The van der Waals surface area contributed by atoms with Crippen molar-refractivity contribution >= 4 is 33.4 Å². The van der Waals surface area contributed by atoms with Crippen molar-refractivity contribution in [1.29, 1.82) is 0 Å². The van der Waals surface area contributed by atoms with Gasteiger partial charge in [0.05, 0.1) is 5.75 Å². The maximum atomic E-state index is 13.8. The largest absolute Gasteiger partial charge is 0.218 e. The van der Waals surface area contributed by atoms with Crippen LogP contribution in [-0.4, -0.2) is 31.6 Å². The highest BCUT2D eigenvalue weighted by atomic mass is 35.5. The van der Waals surface area contributed by atoms with Crippen LogP contribution >= 0.6 is 23.4 Å². The van der Waals surface area contributed by atoms with Gasteiger partial charge in [0.2, 0.25) is 10.0 Å². The second-order valence-corrected chi connectivity index (χ2v) is 9.60. The number of hydrogen-bond donors (Lipinski definition) is 0. The average molecular weight is 400 g/mol. The molecule has 1 fully saturated rings. The number of rotatable bonds is 4. The van der Waals surface area contributed by atoms with E-state index in [-0.39, 0.29) is 16.6 Å². The van der Waals surface area contributed by atoms with E-state index >= 15 is 0 Å². The van der Waals surface area contributed by atoms with Gasteiger partial charge in [-0.15, -0.1) is 0 Å². The lowest BCUT2D eigenvalue weighted by atomic mass is 10.1. The summed E-state index contributed by atoms with van der Waals surface area (Å²) in [4.78, 5) is 0. The van der Waals surface area contributed by atoms with E-state index in [1.165, 1.54) is 16.4 Å². The van der Waals surface area contributed by atoms with Gasteiger partial charge in [-0.1, -0.05) is 48.0 Å². The Kier molecular flexibility index (Phi) is 6.04. The van der Waals surface area contributed by atoms with Gasteiger partial charge in [0.1, 0.15) is 5.82 Å². The van der Waals surface area contributed by atoms with Crippen molar-refractivity contribution in [3.05, 3.63) is 70.5 Å². The maximum absolute atomic E-state index is 13.8. The van der Waals surface area contributed by atoms with Gasteiger partial charge in [0.25, 0.3) is 0 Å². The fourth-order valence-electron chi connectivity index (χ4n) is 2.92. The van der Waals surface area contributed by atoms with Gasteiger partial charge < -0.3 is 0 Å². The predicted octanol–water partition coefficient (Wildman–Crippen LogP) is 4.49. The molecule has 134 valence electrons. The summed E-state index contributed by atoms with van der Waals surface area (Å²) < 4.78 is 40.7. The van der Waals surface area contributed by atoms with E-state index in [0.717, 1.165) is 5.56 Å². The number of thioether (sulfide) groups is 1. The van der Waals surface area contributed by atoms with Gasteiger partial charge in [0, 0.05) is 34.7 Å². The maximum Gasteiger partial charge on any atom is 0.218 e. The summed E-state index contributed by atoms with van der Waals surface area (Å²) >= 11 is 7.99. The van der Waals surface area contributed by atoms with E-state index in [4.69, 9.17) is 11.6 Å². The predicted molar refractivity (Wildman–Crippen MR) is 102 cm³/mol. The lowest BCUT2D eigenvalue weighted by Crippen LogP contribution is -2.34. The summed E-state index contributed by atoms with van der Waals surface area (Å²) in [6.45, 7) is 0.849. The molecule has 7 heteroatoms.